The van der Waals surface area contributed by atoms with Crippen LogP contribution < -0.4 is 14.7 Å². The normalized spacial score (nSPS) is 11.7. The maximum atomic E-state index is 6.68. The molecule has 0 spiro atoms. The molecule has 0 aliphatic heterocycles. The van der Waals surface area contributed by atoms with Crippen LogP contribution >= 0.6 is 11.3 Å². The Bertz CT molecular complexity index is 9440. The summed E-state index contributed by atoms with van der Waals surface area (Å²) in [7, 11) is 0. The number of rotatable bonds is 13. The van der Waals surface area contributed by atoms with Crippen LogP contribution in [-0.4, -0.2) is 0 Å². The third-order valence-corrected chi connectivity index (χ3v) is 29.2. The van der Waals surface area contributed by atoms with E-state index in [1.807, 2.05) is 47.7 Å². The molecule has 0 amide bonds. The van der Waals surface area contributed by atoms with Gasteiger partial charge in [0.05, 0.1) is 38.8 Å². The van der Waals surface area contributed by atoms with E-state index in [-0.39, 0.29) is 0 Å². The highest BCUT2D eigenvalue weighted by atomic mass is 32.1. The van der Waals surface area contributed by atoms with Gasteiger partial charge in [0.1, 0.15) is 39.1 Å². The molecular weight excluding hydrogens is 1720 g/mol. The Kier molecular flexibility index (Phi) is 19.7. The van der Waals surface area contributed by atoms with Crippen molar-refractivity contribution in [3.8, 4) is 44.5 Å². The highest BCUT2D eigenvalue weighted by Gasteiger charge is 2.29. The lowest BCUT2D eigenvalue weighted by Gasteiger charge is -2.29. The van der Waals surface area contributed by atoms with Crippen molar-refractivity contribution in [3.05, 3.63) is 504 Å². The smallest absolute Gasteiger partial charge is 0.159 e. The zero-order valence-electron chi connectivity index (χ0n) is 75.8. The summed E-state index contributed by atoms with van der Waals surface area (Å²) in [6.07, 6.45) is 0. The first-order valence-corrected chi connectivity index (χ1v) is 48.4. The van der Waals surface area contributed by atoms with Crippen molar-refractivity contribution in [2.24, 2.45) is 0 Å². The summed E-state index contributed by atoms with van der Waals surface area (Å²) in [6.45, 7) is 0. The van der Waals surface area contributed by atoms with Crippen molar-refractivity contribution >= 4 is 235 Å². The van der Waals surface area contributed by atoms with E-state index in [1.54, 1.807) is 0 Å². The average molecular weight is 1810 g/mol. The fourth-order valence-corrected chi connectivity index (χ4v) is 22.8. The van der Waals surface area contributed by atoms with Gasteiger partial charge in [-0.15, -0.1) is 11.3 Å². The van der Waals surface area contributed by atoms with Gasteiger partial charge in [-0.3, -0.25) is 0 Å². The largest absolute Gasteiger partial charge is 0.456 e. The molecule has 24 aromatic carbocycles. The average Bonchev–Trinajstić information content (AvgIpc) is 1.50. The molecular formula is C132H83N3O4S. The van der Waals surface area contributed by atoms with Gasteiger partial charge in [-0.05, 0) is 192 Å². The van der Waals surface area contributed by atoms with E-state index >= 15 is 0 Å². The standard InChI is InChI=1S/C44H27NO2.C44H27NOS.C44H29NO/c1-2-12-28(13-3-1)30-14-4-7-19-36(30)45(38-21-11-18-34-32-15-5-8-22-39(32)47-44(34)38)37-20-10-17-33-31(37)26-24-29-25-27-41-43(42(29)33)35-16-6-9-23-40(35)46-41;1-2-12-28(13-3-1)30-14-4-7-19-36(30)45(38-21-11-18-34-32-15-6-9-23-41(32)47-44(34)38)37-20-10-17-33-31(37)26-24-29-25-27-40-43(42(29)33)35-16-5-8-22-39(35)46-40;1-3-9-30(10-4-1)32-17-23-36(24-18-32)45(37-25-19-33(20-26-37)31-11-5-2-6-12-31)38-27-21-34-15-16-35-22-28-42-44(43(35)40(34)29-38)39-13-7-8-14-41(39)46-42/h2*1-27H;1-29H. The maximum Gasteiger partial charge on any atom is 0.159 e. The molecule has 0 aliphatic rings. The summed E-state index contributed by atoms with van der Waals surface area (Å²) in [5.74, 6) is 0. The number of hydrogen-bond donors (Lipinski definition) is 0. The molecule has 0 fully saturated rings. The number of hydrogen-bond acceptors (Lipinski definition) is 8. The summed E-state index contributed by atoms with van der Waals surface area (Å²) in [6, 6.07) is 180. The molecule has 0 unspecified atom stereocenters. The van der Waals surface area contributed by atoms with Gasteiger partial charge in [-0.2, -0.15) is 0 Å². The molecule has 5 heterocycles. The van der Waals surface area contributed by atoms with Crippen LogP contribution in [-0.2, 0) is 0 Å². The van der Waals surface area contributed by atoms with E-state index in [9.17, 15) is 0 Å². The SMILES string of the molecule is c1ccc(-c2ccc(N(c3ccc(-c4ccccc4)cc3)c3ccc4ccc5ccc6oc7ccccc7c6c5c4c3)cc2)cc1.c1ccc(-c2ccccc2N(c2cccc3c2ccc2ccc4oc5ccccc5c4c23)c2cccc3c2oc2ccccc23)cc1.c1ccc(-c2ccccc2N(c2cccc3c2ccc2ccc4oc5ccccc5c4c23)c2cccc3c2sc2ccccc23)cc1. The van der Waals surface area contributed by atoms with Crippen LogP contribution in [0.15, 0.2) is 521 Å². The van der Waals surface area contributed by atoms with Crippen molar-refractivity contribution < 1.29 is 17.7 Å². The van der Waals surface area contributed by atoms with Gasteiger partial charge in [0.2, 0.25) is 0 Å². The van der Waals surface area contributed by atoms with Crippen LogP contribution in [0.1, 0.15) is 0 Å². The maximum absolute atomic E-state index is 6.68. The van der Waals surface area contributed by atoms with Crippen LogP contribution in [0.2, 0.25) is 0 Å². The molecule has 656 valence electrons. The summed E-state index contributed by atoms with van der Waals surface area (Å²) < 4.78 is 28.3. The quantitative estimate of drug-likeness (QED) is 0.107. The number of thiophene rings is 1. The summed E-state index contributed by atoms with van der Waals surface area (Å²) in [5, 5.41) is 26.1. The number of fused-ring (bicyclic) bond motifs is 27. The minimum atomic E-state index is 0.859. The van der Waals surface area contributed by atoms with Gasteiger partial charge in [0.15, 0.2) is 5.58 Å². The van der Waals surface area contributed by atoms with Gasteiger partial charge in [-0.25, -0.2) is 0 Å². The van der Waals surface area contributed by atoms with E-state index in [1.165, 1.54) is 129 Å². The van der Waals surface area contributed by atoms with Crippen LogP contribution in [0, 0.1) is 0 Å². The predicted molar refractivity (Wildman–Crippen MR) is 592 cm³/mol. The number of benzene rings is 24. The number of nitrogens with zero attached hydrogens (tertiary/aromatic N) is 3. The van der Waals surface area contributed by atoms with Gasteiger partial charge in [-0.1, -0.05) is 382 Å². The molecule has 0 saturated heterocycles. The molecule has 29 aromatic rings. The fourth-order valence-electron chi connectivity index (χ4n) is 21.6. The van der Waals surface area contributed by atoms with E-state index in [4.69, 9.17) is 17.7 Å². The predicted octanol–water partition coefficient (Wildman–Crippen LogP) is 39.0. The number of furan rings is 4. The molecule has 140 heavy (non-hydrogen) atoms. The molecule has 0 aliphatic carbocycles. The van der Waals surface area contributed by atoms with Crippen LogP contribution in [0.5, 0.6) is 0 Å². The summed E-state index contributed by atoms with van der Waals surface area (Å²) in [5.41, 5.74) is 26.6. The van der Waals surface area contributed by atoms with E-state index in [0.29, 0.717) is 0 Å². The lowest BCUT2D eigenvalue weighted by Crippen LogP contribution is -2.12. The topological polar surface area (TPSA) is 62.3 Å². The van der Waals surface area contributed by atoms with E-state index < -0.39 is 0 Å². The number of para-hydroxylation sites is 7. The Labute approximate surface area is 809 Å². The van der Waals surface area contributed by atoms with Crippen LogP contribution in [0.4, 0.5) is 51.2 Å². The third kappa shape index (κ3) is 13.8. The van der Waals surface area contributed by atoms with Crippen LogP contribution in [0.25, 0.3) is 217 Å². The van der Waals surface area contributed by atoms with Gasteiger partial charge >= 0.3 is 0 Å². The Morgan fingerprint density at radius 1 is 0.157 bits per heavy atom. The van der Waals surface area contributed by atoms with Crippen molar-refractivity contribution in [2.75, 3.05) is 14.7 Å². The third-order valence-electron chi connectivity index (χ3n) is 28.0. The number of anilines is 9. The Morgan fingerprint density at radius 2 is 0.486 bits per heavy atom. The fraction of sp³-hybridized carbons (Fsp3) is 0. The second-order valence-electron chi connectivity index (χ2n) is 35.9. The molecule has 0 N–H and O–H groups in total. The lowest BCUT2D eigenvalue weighted by molar-refractivity contribution is 0.669. The second-order valence-corrected chi connectivity index (χ2v) is 36.9. The highest BCUT2D eigenvalue weighted by molar-refractivity contribution is 7.26. The van der Waals surface area contributed by atoms with Crippen molar-refractivity contribution in [1.82, 2.24) is 0 Å². The Hall–Kier alpha value is -18.3. The molecule has 5 aromatic heterocycles. The van der Waals surface area contributed by atoms with Gasteiger partial charge in [0.25, 0.3) is 0 Å². The van der Waals surface area contributed by atoms with Crippen molar-refractivity contribution in [1.29, 1.82) is 0 Å². The minimum Gasteiger partial charge on any atom is -0.456 e. The lowest BCUT2D eigenvalue weighted by atomic mass is 9.95. The molecule has 0 radical (unpaired) electrons. The minimum absolute atomic E-state index is 0.859. The molecule has 0 bridgehead atoms. The first-order chi connectivity index (χ1) is 69.5. The zero-order chi connectivity index (χ0) is 92.2. The first kappa shape index (κ1) is 81.2. The van der Waals surface area contributed by atoms with E-state index in [2.05, 4.69) is 482 Å². The molecule has 8 heteroatoms. The molecule has 29 rings (SSSR count). The molecule has 0 atom stereocenters. The monoisotopic (exact) mass is 1810 g/mol. The summed E-state index contributed by atoms with van der Waals surface area (Å²) >= 11 is 1.87. The highest BCUT2D eigenvalue weighted by Crippen LogP contribution is 2.54. The molecule has 7 nitrogen and oxygen atoms in total. The molecule has 0 saturated carbocycles. The summed E-state index contributed by atoms with van der Waals surface area (Å²) in [4.78, 5) is 7.23. The Morgan fingerprint density at radius 3 is 0.979 bits per heavy atom. The van der Waals surface area contributed by atoms with Gasteiger partial charge < -0.3 is 32.4 Å². The van der Waals surface area contributed by atoms with Crippen molar-refractivity contribution in [3.63, 3.8) is 0 Å². The Balaban J connectivity index is 0.000000105. The second kappa shape index (κ2) is 33.9. The van der Waals surface area contributed by atoms with Gasteiger partial charge in [0, 0.05) is 114 Å². The van der Waals surface area contributed by atoms with Crippen molar-refractivity contribution in [2.45, 2.75) is 0 Å². The zero-order valence-corrected chi connectivity index (χ0v) is 76.6. The van der Waals surface area contributed by atoms with Crippen LogP contribution in [0.3, 0.4) is 0 Å². The first-order valence-electron chi connectivity index (χ1n) is 47.6. The van der Waals surface area contributed by atoms with E-state index in [0.717, 1.165) is 139 Å².